The van der Waals surface area contributed by atoms with Gasteiger partial charge in [-0.15, -0.1) is 0 Å². The molecule has 0 amide bonds. The molecular formula is C9H6N2OS. The lowest BCUT2D eigenvalue weighted by Crippen LogP contribution is -1.82. The summed E-state index contributed by atoms with van der Waals surface area (Å²) in [7, 11) is 0. The van der Waals surface area contributed by atoms with E-state index in [1.54, 1.807) is 18.2 Å². The number of fused-ring (bicyclic) bond motifs is 1. The van der Waals surface area contributed by atoms with Crippen LogP contribution < -0.4 is 5.73 Å². The molecule has 2 rings (SSSR count). The van der Waals surface area contributed by atoms with E-state index in [-0.39, 0.29) is 5.06 Å². The second-order valence-electron chi connectivity index (χ2n) is 2.64. The summed E-state index contributed by atoms with van der Waals surface area (Å²) in [6.45, 7) is 0. The summed E-state index contributed by atoms with van der Waals surface area (Å²) in [5.74, 6) is 0. The number of benzene rings is 1. The Kier molecular flexibility index (Phi) is 1.61. The van der Waals surface area contributed by atoms with Gasteiger partial charge in [-0.3, -0.25) is 0 Å². The molecule has 0 aliphatic carbocycles. The van der Waals surface area contributed by atoms with E-state index in [1.807, 2.05) is 6.07 Å². The Morgan fingerprint density at radius 2 is 2.23 bits per heavy atom. The van der Waals surface area contributed by atoms with E-state index in [0.29, 0.717) is 11.3 Å². The molecule has 0 atom stereocenters. The normalized spacial score (nSPS) is 10.1. The van der Waals surface area contributed by atoms with Crippen LogP contribution >= 0.6 is 11.3 Å². The quantitative estimate of drug-likeness (QED) is 0.668. The number of thiophene rings is 1. The molecule has 0 saturated heterocycles. The van der Waals surface area contributed by atoms with Gasteiger partial charge in [0.25, 0.3) is 0 Å². The van der Waals surface area contributed by atoms with Crippen molar-refractivity contribution in [2.75, 3.05) is 5.73 Å². The minimum absolute atomic E-state index is 0.116. The lowest BCUT2D eigenvalue weighted by Gasteiger charge is -1.91. The lowest BCUT2D eigenvalue weighted by atomic mass is 10.2. The van der Waals surface area contributed by atoms with Crippen LogP contribution in [0.2, 0.25) is 0 Å². The largest absolute Gasteiger partial charge is 0.498 e. The molecule has 0 bridgehead atoms. The number of nitrogen functional groups attached to an aromatic ring is 1. The second kappa shape index (κ2) is 2.64. The number of aromatic hydroxyl groups is 1. The van der Waals surface area contributed by atoms with Gasteiger partial charge in [0.2, 0.25) is 0 Å². The summed E-state index contributed by atoms with van der Waals surface area (Å²) in [6, 6.07) is 7.20. The van der Waals surface area contributed by atoms with E-state index in [2.05, 4.69) is 0 Å². The highest BCUT2D eigenvalue weighted by atomic mass is 32.1. The molecule has 64 valence electrons. The molecule has 0 spiro atoms. The molecule has 13 heavy (non-hydrogen) atoms. The summed E-state index contributed by atoms with van der Waals surface area (Å²) in [5, 5.41) is 18.8. The van der Waals surface area contributed by atoms with Crippen molar-refractivity contribution in [3.05, 3.63) is 23.8 Å². The van der Waals surface area contributed by atoms with Gasteiger partial charge in [0.05, 0.1) is 17.3 Å². The molecule has 4 heteroatoms. The van der Waals surface area contributed by atoms with Crippen LogP contribution in [0, 0.1) is 11.3 Å². The van der Waals surface area contributed by atoms with Crippen molar-refractivity contribution in [3.63, 3.8) is 0 Å². The number of anilines is 1. The fourth-order valence-corrected chi connectivity index (χ4v) is 2.02. The average molecular weight is 190 g/mol. The lowest BCUT2D eigenvalue weighted by molar-refractivity contribution is 0.493. The first-order valence-corrected chi connectivity index (χ1v) is 4.45. The zero-order chi connectivity index (χ0) is 9.42. The Bertz CT molecular complexity index is 510. The van der Waals surface area contributed by atoms with E-state index in [1.165, 1.54) is 11.3 Å². The van der Waals surface area contributed by atoms with Crippen LogP contribution in [-0.2, 0) is 0 Å². The molecule has 0 radical (unpaired) electrons. The maximum atomic E-state index is 9.32. The van der Waals surface area contributed by atoms with Gasteiger partial charge in [-0.25, -0.2) is 0 Å². The highest BCUT2D eigenvalue weighted by Gasteiger charge is 2.07. The summed E-state index contributed by atoms with van der Waals surface area (Å²) in [6.07, 6.45) is 0. The third kappa shape index (κ3) is 1.10. The van der Waals surface area contributed by atoms with Gasteiger partial charge in [-0.2, -0.15) is 5.26 Å². The minimum atomic E-state index is 0.116. The van der Waals surface area contributed by atoms with Crippen molar-refractivity contribution >= 4 is 27.1 Å². The van der Waals surface area contributed by atoms with E-state index < -0.39 is 0 Å². The molecule has 0 aliphatic heterocycles. The van der Waals surface area contributed by atoms with Gasteiger partial charge in [0, 0.05) is 10.1 Å². The third-order valence-electron chi connectivity index (χ3n) is 1.84. The van der Waals surface area contributed by atoms with E-state index in [4.69, 9.17) is 11.0 Å². The maximum Gasteiger partial charge on any atom is 0.196 e. The fraction of sp³-hybridized carbons (Fsp3) is 0. The molecule has 0 fully saturated rings. The van der Waals surface area contributed by atoms with E-state index in [0.717, 1.165) is 10.1 Å². The van der Waals surface area contributed by atoms with Crippen LogP contribution in [0.1, 0.15) is 5.56 Å². The number of nitrogens with zero attached hydrogens (tertiary/aromatic N) is 1. The molecule has 0 aliphatic rings. The summed E-state index contributed by atoms with van der Waals surface area (Å²) in [5.41, 5.74) is 6.52. The number of nitriles is 1. The summed E-state index contributed by atoms with van der Waals surface area (Å²) in [4.78, 5) is 0. The van der Waals surface area contributed by atoms with Crippen LogP contribution in [0.25, 0.3) is 10.1 Å². The van der Waals surface area contributed by atoms with Crippen molar-refractivity contribution < 1.29 is 5.11 Å². The molecule has 0 saturated carbocycles. The average Bonchev–Trinajstić information content (AvgIpc) is 2.43. The van der Waals surface area contributed by atoms with Crippen LogP contribution in [0.3, 0.4) is 0 Å². The molecule has 0 unspecified atom stereocenters. The first kappa shape index (κ1) is 7.90. The summed E-state index contributed by atoms with van der Waals surface area (Å²) < 4.78 is 0.897. The van der Waals surface area contributed by atoms with E-state index >= 15 is 0 Å². The van der Waals surface area contributed by atoms with Gasteiger partial charge in [-0.1, -0.05) is 11.3 Å². The zero-order valence-electron chi connectivity index (χ0n) is 6.61. The first-order valence-electron chi connectivity index (χ1n) is 3.63. The highest BCUT2D eigenvalue weighted by Crippen LogP contribution is 2.38. The smallest absolute Gasteiger partial charge is 0.196 e. The zero-order valence-corrected chi connectivity index (χ0v) is 7.43. The first-order chi connectivity index (χ1) is 6.22. The minimum Gasteiger partial charge on any atom is -0.498 e. The fourth-order valence-electron chi connectivity index (χ4n) is 1.17. The number of rotatable bonds is 0. The van der Waals surface area contributed by atoms with E-state index in [9.17, 15) is 5.11 Å². The van der Waals surface area contributed by atoms with Crippen molar-refractivity contribution in [2.24, 2.45) is 0 Å². The Morgan fingerprint density at radius 1 is 1.46 bits per heavy atom. The predicted octanol–water partition coefficient (Wildman–Crippen LogP) is 2.06. The number of hydrogen-bond acceptors (Lipinski definition) is 4. The van der Waals surface area contributed by atoms with Gasteiger partial charge < -0.3 is 10.8 Å². The molecule has 1 heterocycles. The van der Waals surface area contributed by atoms with Crippen molar-refractivity contribution in [3.8, 4) is 11.1 Å². The second-order valence-corrected chi connectivity index (χ2v) is 3.67. The SMILES string of the molecule is N#Cc1ccc2sc(O)c(N)c2c1. The third-order valence-corrected chi connectivity index (χ3v) is 2.83. The molecule has 1 aromatic carbocycles. The number of nitrogens with two attached hydrogens (primary N) is 1. The topological polar surface area (TPSA) is 70.0 Å². The van der Waals surface area contributed by atoms with Crippen molar-refractivity contribution in [2.45, 2.75) is 0 Å². The Hall–Kier alpha value is -1.73. The highest BCUT2D eigenvalue weighted by molar-refractivity contribution is 7.21. The standard InChI is InChI=1S/C9H6N2OS/c10-4-5-1-2-7-6(3-5)8(11)9(12)13-7/h1-3,12H,11H2. The maximum absolute atomic E-state index is 9.32. The van der Waals surface area contributed by atoms with Crippen LogP contribution in [0.5, 0.6) is 5.06 Å². The van der Waals surface area contributed by atoms with Crippen LogP contribution in [0.4, 0.5) is 5.69 Å². The number of hydrogen-bond donors (Lipinski definition) is 2. The Labute approximate surface area is 78.6 Å². The Balaban J connectivity index is 2.84. The van der Waals surface area contributed by atoms with Gasteiger partial charge >= 0.3 is 0 Å². The monoisotopic (exact) mass is 190 g/mol. The van der Waals surface area contributed by atoms with Crippen molar-refractivity contribution in [1.82, 2.24) is 0 Å². The molecule has 2 aromatic rings. The van der Waals surface area contributed by atoms with Crippen LogP contribution in [0.15, 0.2) is 18.2 Å². The molecule has 3 N–H and O–H groups in total. The van der Waals surface area contributed by atoms with Gasteiger partial charge in [0.15, 0.2) is 5.06 Å². The predicted molar refractivity (Wildman–Crippen MR) is 52.6 cm³/mol. The Morgan fingerprint density at radius 3 is 2.92 bits per heavy atom. The molecular weight excluding hydrogens is 184 g/mol. The van der Waals surface area contributed by atoms with Gasteiger partial charge in [-0.05, 0) is 18.2 Å². The van der Waals surface area contributed by atoms with Crippen molar-refractivity contribution in [1.29, 1.82) is 5.26 Å². The summed E-state index contributed by atoms with van der Waals surface area (Å²) >= 11 is 1.22. The van der Waals surface area contributed by atoms with Crippen LogP contribution in [-0.4, -0.2) is 5.11 Å². The molecule has 3 nitrogen and oxygen atoms in total. The van der Waals surface area contributed by atoms with Gasteiger partial charge in [0.1, 0.15) is 0 Å². The molecule has 1 aromatic heterocycles.